The standard InChI is InChI=1S/C15H16FNS/c1-2-13(17)11-7-3-5-9-14(11)18-15-10-6-4-8-12(15)16/h3-10,13H,2,17H2,1H3/t13-/m0/s1. The number of rotatable bonds is 4. The van der Waals surface area contributed by atoms with E-state index >= 15 is 0 Å². The topological polar surface area (TPSA) is 26.0 Å². The van der Waals surface area contributed by atoms with Gasteiger partial charge in [0.25, 0.3) is 0 Å². The van der Waals surface area contributed by atoms with Crippen molar-refractivity contribution in [2.75, 3.05) is 0 Å². The molecule has 0 aromatic heterocycles. The summed E-state index contributed by atoms with van der Waals surface area (Å²) < 4.78 is 13.6. The molecule has 18 heavy (non-hydrogen) atoms. The van der Waals surface area contributed by atoms with Gasteiger partial charge >= 0.3 is 0 Å². The predicted octanol–water partition coefficient (Wildman–Crippen LogP) is 4.39. The van der Waals surface area contributed by atoms with Gasteiger partial charge in [-0.15, -0.1) is 0 Å². The first-order chi connectivity index (χ1) is 8.72. The molecule has 94 valence electrons. The lowest BCUT2D eigenvalue weighted by Crippen LogP contribution is -2.09. The summed E-state index contributed by atoms with van der Waals surface area (Å²) in [6, 6.07) is 14.7. The van der Waals surface area contributed by atoms with Crippen LogP contribution >= 0.6 is 11.8 Å². The predicted molar refractivity (Wildman–Crippen MR) is 74.2 cm³/mol. The number of hydrogen-bond acceptors (Lipinski definition) is 2. The Labute approximate surface area is 111 Å². The van der Waals surface area contributed by atoms with Crippen LogP contribution in [0.1, 0.15) is 24.9 Å². The van der Waals surface area contributed by atoms with E-state index in [0.29, 0.717) is 4.90 Å². The third-order valence-corrected chi connectivity index (χ3v) is 3.96. The molecule has 0 bridgehead atoms. The highest BCUT2D eigenvalue weighted by atomic mass is 32.2. The summed E-state index contributed by atoms with van der Waals surface area (Å²) in [6.45, 7) is 2.05. The Kier molecular flexibility index (Phi) is 4.39. The minimum absolute atomic E-state index is 0.000438. The second-order valence-electron chi connectivity index (χ2n) is 4.09. The van der Waals surface area contributed by atoms with Gasteiger partial charge in [0.1, 0.15) is 5.82 Å². The minimum atomic E-state index is -0.192. The molecule has 2 aromatic carbocycles. The Balaban J connectivity index is 2.32. The van der Waals surface area contributed by atoms with Gasteiger partial charge in [0, 0.05) is 15.8 Å². The molecule has 0 fully saturated rings. The number of nitrogens with two attached hydrogens (primary N) is 1. The van der Waals surface area contributed by atoms with Gasteiger partial charge in [-0.25, -0.2) is 4.39 Å². The third kappa shape index (κ3) is 2.92. The van der Waals surface area contributed by atoms with E-state index in [0.717, 1.165) is 16.9 Å². The summed E-state index contributed by atoms with van der Waals surface area (Å²) in [4.78, 5) is 1.66. The molecule has 3 heteroatoms. The van der Waals surface area contributed by atoms with E-state index in [4.69, 9.17) is 5.73 Å². The molecule has 1 atom stereocenters. The van der Waals surface area contributed by atoms with Crippen LogP contribution in [0.15, 0.2) is 58.3 Å². The quantitative estimate of drug-likeness (QED) is 0.883. The maximum Gasteiger partial charge on any atom is 0.137 e. The Hall–Kier alpha value is -1.32. The average molecular weight is 261 g/mol. The molecular formula is C15H16FNS. The Bertz CT molecular complexity index is 527. The fourth-order valence-electron chi connectivity index (χ4n) is 1.75. The summed E-state index contributed by atoms with van der Waals surface area (Å²) in [5.74, 6) is -0.192. The smallest absolute Gasteiger partial charge is 0.137 e. The van der Waals surface area contributed by atoms with E-state index in [2.05, 4.69) is 6.92 Å². The molecule has 2 rings (SSSR count). The van der Waals surface area contributed by atoms with E-state index in [1.165, 1.54) is 17.8 Å². The average Bonchev–Trinajstić information content (AvgIpc) is 2.41. The van der Waals surface area contributed by atoms with Crippen molar-refractivity contribution >= 4 is 11.8 Å². The first-order valence-electron chi connectivity index (χ1n) is 5.99. The van der Waals surface area contributed by atoms with E-state index in [-0.39, 0.29) is 11.9 Å². The van der Waals surface area contributed by atoms with Crippen molar-refractivity contribution in [3.8, 4) is 0 Å². The molecule has 0 aliphatic carbocycles. The fourth-order valence-corrected chi connectivity index (χ4v) is 2.78. The molecular weight excluding hydrogens is 245 g/mol. The fraction of sp³-hybridized carbons (Fsp3) is 0.200. The van der Waals surface area contributed by atoms with Crippen LogP contribution in [0, 0.1) is 5.82 Å². The zero-order chi connectivity index (χ0) is 13.0. The van der Waals surface area contributed by atoms with Gasteiger partial charge in [-0.3, -0.25) is 0 Å². The van der Waals surface area contributed by atoms with Gasteiger partial charge in [-0.05, 0) is 30.2 Å². The Morgan fingerprint density at radius 3 is 2.33 bits per heavy atom. The van der Waals surface area contributed by atoms with Crippen molar-refractivity contribution in [2.24, 2.45) is 5.73 Å². The van der Waals surface area contributed by atoms with Crippen LogP contribution < -0.4 is 5.73 Å². The van der Waals surface area contributed by atoms with Gasteiger partial charge in [0.15, 0.2) is 0 Å². The Morgan fingerprint density at radius 2 is 1.67 bits per heavy atom. The summed E-state index contributed by atoms with van der Waals surface area (Å²) in [5, 5.41) is 0. The van der Waals surface area contributed by atoms with Crippen LogP contribution in [0.4, 0.5) is 4.39 Å². The molecule has 1 nitrogen and oxygen atoms in total. The monoisotopic (exact) mass is 261 g/mol. The summed E-state index contributed by atoms with van der Waals surface area (Å²) in [7, 11) is 0. The van der Waals surface area contributed by atoms with E-state index in [1.807, 2.05) is 30.3 Å². The zero-order valence-corrected chi connectivity index (χ0v) is 11.1. The molecule has 0 unspecified atom stereocenters. The molecule has 0 aliphatic heterocycles. The van der Waals surface area contributed by atoms with Gasteiger partial charge < -0.3 is 5.73 Å². The van der Waals surface area contributed by atoms with Crippen LogP contribution in [-0.2, 0) is 0 Å². The van der Waals surface area contributed by atoms with Crippen LogP contribution in [0.3, 0.4) is 0 Å². The lowest BCUT2D eigenvalue weighted by Gasteiger charge is -2.14. The minimum Gasteiger partial charge on any atom is -0.324 e. The van der Waals surface area contributed by atoms with Crippen molar-refractivity contribution < 1.29 is 4.39 Å². The number of benzene rings is 2. The second kappa shape index (κ2) is 6.03. The first-order valence-corrected chi connectivity index (χ1v) is 6.81. The maximum atomic E-state index is 13.6. The Morgan fingerprint density at radius 1 is 1.06 bits per heavy atom. The number of halogens is 1. The van der Waals surface area contributed by atoms with E-state index < -0.39 is 0 Å². The zero-order valence-electron chi connectivity index (χ0n) is 10.3. The largest absolute Gasteiger partial charge is 0.324 e. The number of hydrogen-bond donors (Lipinski definition) is 1. The van der Waals surface area contributed by atoms with E-state index in [1.54, 1.807) is 12.1 Å². The highest BCUT2D eigenvalue weighted by Crippen LogP contribution is 2.34. The maximum absolute atomic E-state index is 13.6. The van der Waals surface area contributed by atoms with E-state index in [9.17, 15) is 4.39 Å². The molecule has 2 N–H and O–H groups in total. The molecule has 0 aliphatic rings. The summed E-state index contributed by atoms with van der Waals surface area (Å²) in [6.07, 6.45) is 0.870. The van der Waals surface area contributed by atoms with Crippen LogP contribution in [-0.4, -0.2) is 0 Å². The molecule has 0 spiro atoms. The van der Waals surface area contributed by atoms with Crippen LogP contribution in [0.5, 0.6) is 0 Å². The second-order valence-corrected chi connectivity index (χ2v) is 5.17. The van der Waals surface area contributed by atoms with Crippen molar-refractivity contribution in [1.29, 1.82) is 0 Å². The molecule has 0 heterocycles. The van der Waals surface area contributed by atoms with Crippen molar-refractivity contribution in [1.82, 2.24) is 0 Å². The van der Waals surface area contributed by atoms with Crippen molar-refractivity contribution in [3.05, 3.63) is 59.9 Å². The lowest BCUT2D eigenvalue weighted by atomic mass is 10.1. The molecule has 0 radical (unpaired) electrons. The molecule has 2 aromatic rings. The van der Waals surface area contributed by atoms with Gasteiger partial charge in [-0.1, -0.05) is 49.0 Å². The molecule has 0 saturated carbocycles. The van der Waals surface area contributed by atoms with Crippen molar-refractivity contribution in [3.63, 3.8) is 0 Å². The SMILES string of the molecule is CC[C@H](N)c1ccccc1Sc1ccccc1F. The normalized spacial score (nSPS) is 12.4. The van der Waals surface area contributed by atoms with Gasteiger partial charge in [-0.2, -0.15) is 0 Å². The molecule has 0 amide bonds. The van der Waals surface area contributed by atoms with Crippen LogP contribution in [0.25, 0.3) is 0 Å². The third-order valence-electron chi connectivity index (χ3n) is 2.81. The highest BCUT2D eigenvalue weighted by molar-refractivity contribution is 7.99. The lowest BCUT2D eigenvalue weighted by molar-refractivity contribution is 0.602. The highest BCUT2D eigenvalue weighted by Gasteiger charge is 2.11. The summed E-state index contributed by atoms with van der Waals surface area (Å²) in [5.41, 5.74) is 7.16. The van der Waals surface area contributed by atoms with Crippen molar-refractivity contribution in [2.45, 2.75) is 29.2 Å². The summed E-state index contributed by atoms with van der Waals surface area (Å²) >= 11 is 1.43. The van der Waals surface area contributed by atoms with Gasteiger partial charge in [0.2, 0.25) is 0 Å². The van der Waals surface area contributed by atoms with Gasteiger partial charge in [0.05, 0.1) is 0 Å². The molecule has 0 saturated heterocycles. The van der Waals surface area contributed by atoms with Crippen LogP contribution in [0.2, 0.25) is 0 Å². The first kappa shape index (κ1) is 13.1.